The van der Waals surface area contributed by atoms with Crippen molar-refractivity contribution in [2.45, 2.75) is 33.1 Å². The molecular weight excluding hydrogens is 298 g/mol. The van der Waals surface area contributed by atoms with E-state index in [0.29, 0.717) is 0 Å². The lowest BCUT2D eigenvalue weighted by molar-refractivity contribution is 0.549. The molecule has 2 rings (SSSR count). The predicted octanol–water partition coefficient (Wildman–Crippen LogP) is 3.02. The van der Waals surface area contributed by atoms with Gasteiger partial charge in [0.2, 0.25) is 0 Å². The van der Waals surface area contributed by atoms with Crippen molar-refractivity contribution in [2.75, 3.05) is 20.1 Å². The Hall–Kier alpha value is -2.30. The standard InChI is InChI=1S/C19H29N5/c1-16(2)8-7-12-21-19(20-3)22-13-11-17-14-23-24(15-17)18-9-5-4-6-10-18/h4-6,9-10,14-16H,7-8,11-13H2,1-3H3,(H2,20,21,22). The molecule has 0 aliphatic rings. The largest absolute Gasteiger partial charge is 0.356 e. The first-order chi connectivity index (χ1) is 11.7. The van der Waals surface area contributed by atoms with Gasteiger partial charge in [-0.15, -0.1) is 0 Å². The van der Waals surface area contributed by atoms with Crippen molar-refractivity contribution < 1.29 is 0 Å². The van der Waals surface area contributed by atoms with Crippen LogP contribution >= 0.6 is 0 Å². The third-order valence-corrected chi connectivity index (χ3v) is 3.84. The van der Waals surface area contributed by atoms with Crippen LogP contribution in [0.15, 0.2) is 47.7 Å². The second-order valence-corrected chi connectivity index (χ2v) is 6.34. The average Bonchev–Trinajstić information content (AvgIpc) is 3.06. The van der Waals surface area contributed by atoms with Gasteiger partial charge in [0.1, 0.15) is 0 Å². The summed E-state index contributed by atoms with van der Waals surface area (Å²) in [4.78, 5) is 4.26. The Balaban J connectivity index is 1.72. The van der Waals surface area contributed by atoms with E-state index >= 15 is 0 Å². The lowest BCUT2D eigenvalue weighted by Crippen LogP contribution is -2.38. The molecule has 2 aromatic rings. The fourth-order valence-corrected chi connectivity index (χ4v) is 2.47. The van der Waals surface area contributed by atoms with Crippen LogP contribution in [0.3, 0.4) is 0 Å². The first kappa shape index (κ1) is 18.0. The maximum absolute atomic E-state index is 4.42. The van der Waals surface area contributed by atoms with E-state index in [1.165, 1.54) is 18.4 Å². The van der Waals surface area contributed by atoms with Gasteiger partial charge >= 0.3 is 0 Å². The predicted molar refractivity (Wildman–Crippen MR) is 101 cm³/mol. The van der Waals surface area contributed by atoms with E-state index in [2.05, 4.69) is 52.9 Å². The highest BCUT2D eigenvalue weighted by molar-refractivity contribution is 5.79. The number of para-hydroxylation sites is 1. The van der Waals surface area contributed by atoms with Crippen molar-refractivity contribution in [1.82, 2.24) is 20.4 Å². The van der Waals surface area contributed by atoms with Crippen LogP contribution in [0.4, 0.5) is 0 Å². The normalized spacial score (nSPS) is 11.8. The van der Waals surface area contributed by atoms with Crippen LogP contribution < -0.4 is 10.6 Å². The summed E-state index contributed by atoms with van der Waals surface area (Å²) in [5.74, 6) is 1.62. The second kappa shape index (κ2) is 9.75. The average molecular weight is 327 g/mol. The molecule has 0 atom stereocenters. The Morgan fingerprint density at radius 3 is 2.62 bits per heavy atom. The van der Waals surface area contributed by atoms with Gasteiger partial charge in [0.05, 0.1) is 11.9 Å². The zero-order valence-electron chi connectivity index (χ0n) is 15.0. The van der Waals surface area contributed by atoms with E-state index in [1.807, 2.05) is 36.1 Å². The van der Waals surface area contributed by atoms with Crippen molar-refractivity contribution in [1.29, 1.82) is 0 Å². The molecule has 0 saturated heterocycles. The Kier molecular flexibility index (Phi) is 7.33. The molecule has 0 unspecified atom stereocenters. The van der Waals surface area contributed by atoms with Crippen molar-refractivity contribution in [2.24, 2.45) is 10.9 Å². The van der Waals surface area contributed by atoms with Crippen LogP contribution in [0.25, 0.3) is 5.69 Å². The number of guanidine groups is 1. The Morgan fingerprint density at radius 2 is 1.92 bits per heavy atom. The molecule has 0 amide bonds. The van der Waals surface area contributed by atoms with Gasteiger partial charge in [0.15, 0.2) is 5.96 Å². The number of hydrogen-bond acceptors (Lipinski definition) is 2. The smallest absolute Gasteiger partial charge is 0.190 e. The van der Waals surface area contributed by atoms with Gasteiger partial charge in [-0.2, -0.15) is 5.10 Å². The van der Waals surface area contributed by atoms with Crippen LogP contribution in [0.5, 0.6) is 0 Å². The second-order valence-electron chi connectivity index (χ2n) is 6.34. The van der Waals surface area contributed by atoms with E-state index in [4.69, 9.17) is 0 Å². The fraction of sp³-hybridized carbons (Fsp3) is 0.474. The molecule has 0 saturated carbocycles. The molecule has 0 fully saturated rings. The minimum absolute atomic E-state index is 0.753. The number of hydrogen-bond donors (Lipinski definition) is 2. The van der Waals surface area contributed by atoms with Gasteiger partial charge in [-0.05, 0) is 42.9 Å². The molecule has 0 radical (unpaired) electrons. The molecule has 0 spiro atoms. The maximum atomic E-state index is 4.42. The third kappa shape index (κ3) is 6.07. The summed E-state index contributed by atoms with van der Waals surface area (Å²) in [6, 6.07) is 10.2. The van der Waals surface area contributed by atoms with Crippen molar-refractivity contribution in [3.05, 3.63) is 48.3 Å². The van der Waals surface area contributed by atoms with Gasteiger partial charge in [-0.3, -0.25) is 4.99 Å². The van der Waals surface area contributed by atoms with Crippen molar-refractivity contribution >= 4 is 5.96 Å². The Bertz CT molecular complexity index is 616. The van der Waals surface area contributed by atoms with Gasteiger partial charge in [-0.1, -0.05) is 32.0 Å². The number of nitrogens with one attached hydrogen (secondary N) is 2. The highest BCUT2D eigenvalue weighted by Crippen LogP contribution is 2.07. The van der Waals surface area contributed by atoms with E-state index in [1.54, 1.807) is 0 Å². The molecule has 24 heavy (non-hydrogen) atoms. The van der Waals surface area contributed by atoms with E-state index in [0.717, 1.165) is 37.1 Å². The molecule has 2 N–H and O–H groups in total. The number of nitrogens with zero attached hydrogens (tertiary/aromatic N) is 3. The van der Waals surface area contributed by atoms with E-state index in [9.17, 15) is 0 Å². The van der Waals surface area contributed by atoms with Gasteiger partial charge in [0, 0.05) is 26.3 Å². The van der Waals surface area contributed by atoms with Crippen LogP contribution in [0.2, 0.25) is 0 Å². The quantitative estimate of drug-likeness (QED) is 0.445. The lowest BCUT2D eigenvalue weighted by atomic mass is 10.1. The molecule has 0 aliphatic heterocycles. The zero-order chi connectivity index (χ0) is 17.2. The Labute approximate surface area is 145 Å². The summed E-state index contributed by atoms with van der Waals surface area (Å²) in [5, 5.41) is 11.1. The van der Waals surface area contributed by atoms with Crippen molar-refractivity contribution in [3.8, 4) is 5.69 Å². The van der Waals surface area contributed by atoms with Gasteiger partial charge < -0.3 is 10.6 Å². The van der Waals surface area contributed by atoms with Crippen LogP contribution in [-0.4, -0.2) is 35.9 Å². The van der Waals surface area contributed by atoms with Gasteiger partial charge in [0.25, 0.3) is 0 Å². The summed E-state index contributed by atoms with van der Waals surface area (Å²) in [7, 11) is 1.81. The summed E-state index contributed by atoms with van der Waals surface area (Å²) < 4.78 is 1.91. The molecule has 1 aromatic heterocycles. The van der Waals surface area contributed by atoms with Crippen LogP contribution in [0, 0.1) is 5.92 Å². The molecule has 1 aromatic carbocycles. The molecular formula is C19H29N5. The number of benzene rings is 1. The van der Waals surface area contributed by atoms with E-state index < -0.39 is 0 Å². The molecule has 5 heteroatoms. The number of aromatic nitrogens is 2. The SMILES string of the molecule is CN=C(NCCCC(C)C)NCCc1cnn(-c2ccccc2)c1. The molecule has 1 heterocycles. The monoisotopic (exact) mass is 327 g/mol. The minimum Gasteiger partial charge on any atom is -0.356 e. The van der Waals surface area contributed by atoms with Crippen LogP contribution in [0.1, 0.15) is 32.3 Å². The molecule has 0 aliphatic carbocycles. The van der Waals surface area contributed by atoms with Gasteiger partial charge in [-0.25, -0.2) is 4.68 Å². The van der Waals surface area contributed by atoms with E-state index in [-0.39, 0.29) is 0 Å². The summed E-state index contributed by atoms with van der Waals surface area (Å²) >= 11 is 0. The first-order valence-corrected chi connectivity index (χ1v) is 8.72. The van der Waals surface area contributed by atoms with Crippen molar-refractivity contribution in [3.63, 3.8) is 0 Å². The summed E-state index contributed by atoms with van der Waals surface area (Å²) in [5.41, 5.74) is 2.29. The molecule has 0 bridgehead atoms. The zero-order valence-corrected chi connectivity index (χ0v) is 15.0. The molecule has 5 nitrogen and oxygen atoms in total. The molecule has 130 valence electrons. The summed E-state index contributed by atoms with van der Waals surface area (Å²) in [6.45, 7) is 6.31. The lowest BCUT2D eigenvalue weighted by Gasteiger charge is -2.12. The maximum Gasteiger partial charge on any atom is 0.190 e. The minimum atomic E-state index is 0.753. The highest BCUT2D eigenvalue weighted by Gasteiger charge is 2.02. The fourth-order valence-electron chi connectivity index (χ4n) is 2.47. The topological polar surface area (TPSA) is 54.2 Å². The highest BCUT2D eigenvalue weighted by atomic mass is 15.3. The third-order valence-electron chi connectivity index (χ3n) is 3.84. The summed E-state index contributed by atoms with van der Waals surface area (Å²) in [6.07, 6.45) is 7.33. The van der Waals surface area contributed by atoms with Crippen LogP contribution in [-0.2, 0) is 6.42 Å². The number of rotatable bonds is 8. The Morgan fingerprint density at radius 1 is 1.17 bits per heavy atom. The first-order valence-electron chi connectivity index (χ1n) is 8.72. The number of aliphatic imine (C=N–C) groups is 1.